The van der Waals surface area contributed by atoms with Crippen molar-refractivity contribution in [2.75, 3.05) is 39.6 Å². The van der Waals surface area contributed by atoms with Crippen molar-refractivity contribution in [3.05, 3.63) is 0 Å². The molecule has 0 saturated heterocycles. The molecule has 0 aliphatic carbocycles. The zero-order chi connectivity index (χ0) is 54.3. The summed E-state index contributed by atoms with van der Waals surface area (Å²) >= 11 is 0. The van der Waals surface area contributed by atoms with E-state index < -0.39 is 97.5 Å². The number of esters is 4. The number of rotatable bonds is 54. The first-order valence-electron chi connectivity index (χ1n) is 28.6. The van der Waals surface area contributed by atoms with E-state index in [4.69, 9.17) is 37.0 Å². The van der Waals surface area contributed by atoms with Crippen LogP contribution in [0.2, 0.25) is 0 Å². The Labute approximate surface area is 441 Å². The lowest BCUT2D eigenvalue weighted by Crippen LogP contribution is -2.30. The zero-order valence-corrected chi connectivity index (χ0v) is 48.0. The molecule has 0 aromatic carbocycles. The highest BCUT2D eigenvalue weighted by Crippen LogP contribution is 2.45. The molecule has 0 heterocycles. The number of hydrogen-bond acceptors (Lipinski definition) is 15. The van der Waals surface area contributed by atoms with Gasteiger partial charge in [0.15, 0.2) is 12.2 Å². The van der Waals surface area contributed by atoms with Crippen LogP contribution in [0.3, 0.4) is 0 Å². The minimum Gasteiger partial charge on any atom is -0.462 e. The second kappa shape index (κ2) is 48.4. The maximum Gasteiger partial charge on any atom is 0.472 e. The molecule has 73 heavy (non-hydrogen) atoms. The Morgan fingerprint density at radius 1 is 0.370 bits per heavy atom. The minimum absolute atomic E-state index is 0.0986. The third-order valence-corrected chi connectivity index (χ3v) is 14.2. The number of carbonyl (C=O) groups excluding carboxylic acids is 4. The van der Waals surface area contributed by atoms with Crippen LogP contribution in [0.15, 0.2) is 0 Å². The van der Waals surface area contributed by atoms with E-state index in [1.54, 1.807) is 0 Å². The fraction of sp³-hybridized carbons (Fsp3) is 0.926. The summed E-state index contributed by atoms with van der Waals surface area (Å²) in [6, 6.07) is 0. The normalized spacial score (nSPS) is 14.5. The Hall–Kier alpha value is -1.94. The van der Waals surface area contributed by atoms with E-state index in [0.717, 1.165) is 102 Å². The van der Waals surface area contributed by atoms with Crippen molar-refractivity contribution < 1.29 is 80.2 Å². The maximum atomic E-state index is 12.9. The number of phosphoric acid groups is 2. The lowest BCUT2D eigenvalue weighted by Gasteiger charge is -2.21. The lowest BCUT2D eigenvalue weighted by molar-refractivity contribution is -0.161. The summed E-state index contributed by atoms with van der Waals surface area (Å²) in [7, 11) is -9.85. The highest BCUT2D eigenvalue weighted by molar-refractivity contribution is 7.47. The summed E-state index contributed by atoms with van der Waals surface area (Å²) in [5, 5.41) is 10.4. The Bertz CT molecular complexity index is 1450. The first kappa shape index (κ1) is 71.1. The van der Waals surface area contributed by atoms with Crippen LogP contribution in [0.25, 0.3) is 0 Å². The van der Waals surface area contributed by atoms with Crippen molar-refractivity contribution in [1.82, 2.24) is 0 Å². The SMILES string of the molecule is CCCCCCCCCCCCC(=O)OC[C@H](COP(=O)(O)OC[C@@H](O)COP(=O)(O)OC[C@@H](COC(=O)CCCCCCC)OC(=O)CCCCCCC)OC(=O)CCCCCCCCCCCCC(C)C. The quantitative estimate of drug-likeness (QED) is 0.0222. The molecule has 0 aliphatic rings. The molecule has 0 bridgehead atoms. The molecule has 432 valence electrons. The molecule has 0 aromatic heterocycles. The highest BCUT2D eigenvalue weighted by atomic mass is 31.2. The molecular weight excluding hydrogens is 983 g/mol. The molecule has 0 amide bonds. The van der Waals surface area contributed by atoms with Gasteiger partial charge in [0.1, 0.15) is 19.3 Å². The molecule has 0 aliphatic heterocycles. The van der Waals surface area contributed by atoms with E-state index in [1.807, 2.05) is 0 Å². The molecule has 5 atom stereocenters. The van der Waals surface area contributed by atoms with Gasteiger partial charge in [-0.15, -0.1) is 0 Å². The molecule has 2 unspecified atom stereocenters. The second-order valence-corrected chi connectivity index (χ2v) is 23.0. The van der Waals surface area contributed by atoms with Crippen LogP contribution >= 0.6 is 15.6 Å². The predicted octanol–water partition coefficient (Wildman–Crippen LogP) is 13.9. The molecular formula is C54H104O17P2. The van der Waals surface area contributed by atoms with Crippen LogP contribution in [0.4, 0.5) is 0 Å². The summed E-state index contributed by atoms with van der Waals surface area (Å²) in [5.41, 5.74) is 0. The molecule has 0 rings (SSSR count). The minimum atomic E-state index is -4.93. The van der Waals surface area contributed by atoms with Gasteiger partial charge < -0.3 is 33.8 Å². The molecule has 0 saturated carbocycles. The van der Waals surface area contributed by atoms with Gasteiger partial charge in [-0.25, -0.2) is 9.13 Å². The summed E-state index contributed by atoms with van der Waals surface area (Å²) in [4.78, 5) is 71.2. The molecule has 19 heteroatoms. The van der Waals surface area contributed by atoms with Crippen molar-refractivity contribution in [1.29, 1.82) is 0 Å². The zero-order valence-electron chi connectivity index (χ0n) is 46.3. The smallest absolute Gasteiger partial charge is 0.462 e. The molecule has 0 spiro atoms. The van der Waals surface area contributed by atoms with Crippen LogP contribution in [0.5, 0.6) is 0 Å². The Morgan fingerprint density at radius 3 is 0.932 bits per heavy atom. The van der Waals surface area contributed by atoms with Crippen molar-refractivity contribution >= 4 is 39.5 Å². The van der Waals surface area contributed by atoms with Crippen LogP contribution < -0.4 is 0 Å². The standard InChI is InChI=1S/C54H104O17P2/c1-6-9-12-15-16-17-21-24-29-33-38-52(57)65-44-50(71-54(59)40-35-30-25-22-19-18-20-23-28-31-36-47(4)5)46-69-73(62,63)67-42-48(55)41-66-72(60,61)68-45-49(70-53(58)39-34-27-14-11-8-3)43-64-51(56)37-32-26-13-10-7-2/h47-50,55H,6-46H2,1-5H3,(H,60,61)(H,62,63)/t48-,49+,50+/m0/s1. The fourth-order valence-corrected chi connectivity index (χ4v) is 9.39. The van der Waals surface area contributed by atoms with E-state index in [1.165, 1.54) is 77.0 Å². The average Bonchev–Trinajstić information content (AvgIpc) is 3.35. The van der Waals surface area contributed by atoms with Crippen LogP contribution in [0.1, 0.15) is 259 Å². The summed E-state index contributed by atoms with van der Waals surface area (Å²) in [6.45, 7) is 6.91. The van der Waals surface area contributed by atoms with Gasteiger partial charge in [0.05, 0.1) is 26.4 Å². The number of ether oxygens (including phenoxy) is 4. The largest absolute Gasteiger partial charge is 0.472 e. The molecule has 0 radical (unpaired) electrons. The first-order chi connectivity index (χ1) is 35.0. The number of carbonyl (C=O) groups is 4. The van der Waals surface area contributed by atoms with E-state index in [2.05, 4.69) is 34.6 Å². The Morgan fingerprint density at radius 2 is 0.630 bits per heavy atom. The van der Waals surface area contributed by atoms with Gasteiger partial charge in [0.25, 0.3) is 0 Å². The summed E-state index contributed by atoms with van der Waals surface area (Å²) in [5.74, 6) is -1.42. The number of unbranched alkanes of at least 4 members (excludes halogenated alkanes) is 26. The van der Waals surface area contributed by atoms with Gasteiger partial charge >= 0.3 is 39.5 Å². The molecule has 17 nitrogen and oxygen atoms in total. The third-order valence-electron chi connectivity index (χ3n) is 12.3. The van der Waals surface area contributed by atoms with Crippen molar-refractivity contribution in [3.8, 4) is 0 Å². The highest BCUT2D eigenvalue weighted by Gasteiger charge is 2.30. The van der Waals surface area contributed by atoms with Gasteiger partial charge in [0.2, 0.25) is 0 Å². The van der Waals surface area contributed by atoms with E-state index in [0.29, 0.717) is 25.7 Å². The Balaban J connectivity index is 5.14. The molecule has 0 aromatic rings. The van der Waals surface area contributed by atoms with Gasteiger partial charge in [-0.1, -0.05) is 208 Å². The number of phosphoric ester groups is 2. The van der Waals surface area contributed by atoms with E-state index >= 15 is 0 Å². The second-order valence-electron chi connectivity index (χ2n) is 20.1. The van der Waals surface area contributed by atoms with Crippen LogP contribution in [-0.4, -0.2) is 96.7 Å². The first-order valence-corrected chi connectivity index (χ1v) is 31.6. The fourth-order valence-electron chi connectivity index (χ4n) is 7.81. The number of hydrogen-bond donors (Lipinski definition) is 3. The van der Waals surface area contributed by atoms with Crippen LogP contribution in [0, 0.1) is 5.92 Å². The summed E-state index contributed by atoms with van der Waals surface area (Å²) in [6.07, 6.45) is 28.7. The summed E-state index contributed by atoms with van der Waals surface area (Å²) < 4.78 is 67.1. The van der Waals surface area contributed by atoms with E-state index in [9.17, 15) is 43.2 Å². The predicted molar refractivity (Wildman–Crippen MR) is 285 cm³/mol. The van der Waals surface area contributed by atoms with Crippen LogP contribution in [-0.2, 0) is 65.4 Å². The maximum absolute atomic E-state index is 12.9. The molecule has 0 fully saturated rings. The topological polar surface area (TPSA) is 237 Å². The third kappa shape index (κ3) is 49.4. The average molecular weight is 1090 g/mol. The van der Waals surface area contributed by atoms with Crippen molar-refractivity contribution in [3.63, 3.8) is 0 Å². The van der Waals surface area contributed by atoms with Gasteiger partial charge in [0, 0.05) is 25.7 Å². The van der Waals surface area contributed by atoms with Gasteiger partial charge in [-0.3, -0.25) is 37.3 Å². The van der Waals surface area contributed by atoms with Gasteiger partial charge in [-0.2, -0.15) is 0 Å². The van der Waals surface area contributed by atoms with E-state index in [-0.39, 0.29) is 25.7 Å². The monoisotopic (exact) mass is 1090 g/mol. The lowest BCUT2D eigenvalue weighted by atomic mass is 10.0. The molecule has 3 N–H and O–H groups in total. The number of aliphatic hydroxyl groups excluding tert-OH is 1. The van der Waals surface area contributed by atoms with Crippen molar-refractivity contribution in [2.45, 2.75) is 278 Å². The van der Waals surface area contributed by atoms with Gasteiger partial charge in [-0.05, 0) is 31.6 Å². The van der Waals surface area contributed by atoms with Crippen molar-refractivity contribution in [2.24, 2.45) is 5.92 Å². The Kier molecular flexibility index (Phi) is 47.1. The number of aliphatic hydroxyl groups is 1.